The predicted molar refractivity (Wildman–Crippen MR) is 77.2 cm³/mol. The predicted octanol–water partition coefficient (Wildman–Crippen LogP) is 1.34. The number of pyridine rings is 1. The molecule has 1 amide bonds. The van der Waals surface area contributed by atoms with Gasteiger partial charge in [-0.1, -0.05) is 0 Å². The molecule has 1 saturated heterocycles. The summed E-state index contributed by atoms with van der Waals surface area (Å²) in [5.41, 5.74) is 1.99. The van der Waals surface area contributed by atoms with Crippen molar-refractivity contribution in [2.45, 2.75) is 32.4 Å². The van der Waals surface area contributed by atoms with Crippen molar-refractivity contribution < 1.29 is 4.79 Å². The highest BCUT2D eigenvalue weighted by Gasteiger charge is 2.24. The van der Waals surface area contributed by atoms with Crippen molar-refractivity contribution in [3.05, 3.63) is 36.3 Å². The second-order valence-electron chi connectivity index (χ2n) is 5.52. The summed E-state index contributed by atoms with van der Waals surface area (Å²) in [7, 11) is 0. The van der Waals surface area contributed by atoms with E-state index in [2.05, 4.69) is 22.5 Å². The van der Waals surface area contributed by atoms with Crippen molar-refractivity contribution in [2.24, 2.45) is 5.92 Å². The molecule has 5 nitrogen and oxygen atoms in total. The van der Waals surface area contributed by atoms with Gasteiger partial charge in [0.15, 0.2) is 0 Å². The molecule has 0 aliphatic carbocycles. The fourth-order valence-corrected chi connectivity index (χ4v) is 2.77. The molecular formula is C15H20N4O. The number of carbonyl (C=O) groups is 1. The zero-order chi connectivity index (χ0) is 13.9. The second-order valence-corrected chi connectivity index (χ2v) is 5.52. The van der Waals surface area contributed by atoms with Crippen LogP contribution >= 0.6 is 0 Å². The number of amides is 1. The molecule has 106 valence electrons. The van der Waals surface area contributed by atoms with Gasteiger partial charge in [0.25, 0.3) is 0 Å². The summed E-state index contributed by atoms with van der Waals surface area (Å²) < 4.78 is 1.96. The van der Waals surface area contributed by atoms with Crippen LogP contribution in [0.4, 0.5) is 0 Å². The Morgan fingerprint density at radius 3 is 3.30 bits per heavy atom. The Balaban J connectivity index is 1.59. The van der Waals surface area contributed by atoms with E-state index in [-0.39, 0.29) is 11.8 Å². The number of hydrogen-bond donors (Lipinski definition) is 2. The molecule has 20 heavy (non-hydrogen) atoms. The number of rotatable bonds is 3. The van der Waals surface area contributed by atoms with Gasteiger partial charge in [0.1, 0.15) is 5.65 Å². The molecule has 0 radical (unpaired) electrons. The van der Waals surface area contributed by atoms with Crippen molar-refractivity contribution in [1.29, 1.82) is 0 Å². The van der Waals surface area contributed by atoms with Gasteiger partial charge in [-0.3, -0.25) is 4.79 Å². The first-order chi connectivity index (χ1) is 9.72. The topological polar surface area (TPSA) is 58.4 Å². The monoisotopic (exact) mass is 272 g/mol. The Morgan fingerprint density at radius 1 is 1.55 bits per heavy atom. The lowest BCUT2D eigenvalue weighted by Gasteiger charge is -2.27. The maximum absolute atomic E-state index is 12.2. The highest BCUT2D eigenvalue weighted by atomic mass is 16.1. The number of hydrogen-bond acceptors (Lipinski definition) is 3. The smallest absolute Gasteiger partial charge is 0.223 e. The Morgan fingerprint density at radius 2 is 2.45 bits per heavy atom. The van der Waals surface area contributed by atoms with Crippen molar-refractivity contribution >= 4 is 11.6 Å². The zero-order valence-electron chi connectivity index (χ0n) is 11.7. The van der Waals surface area contributed by atoms with Crippen LogP contribution in [0.1, 0.15) is 25.3 Å². The van der Waals surface area contributed by atoms with Crippen LogP contribution < -0.4 is 10.6 Å². The lowest BCUT2D eigenvalue weighted by molar-refractivity contribution is -0.126. The molecule has 0 aromatic carbocycles. The minimum atomic E-state index is 0.140. The Hall–Kier alpha value is -1.88. The SMILES string of the molecule is C[C@H]1C[C@@H](C(=O)NCc2ccn3ccnc3c2)CCN1. The largest absolute Gasteiger partial charge is 0.352 e. The Kier molecular flexibility index (Phi) is 3.69. The number of nitrogens with one attached hydrogen (secondary N) is 2. The number of fused-ring (bicyclic) bond motifs is 1. The van der Waals surface area contributed by atoms with E-state index in [1.165, 1.54) is 0 Å². The van der Waals surface area contributed by atoms with Crippen LogP contribution in [0.25, 0.3) is 5.65 Å². The van der Waals surface area contributed by atoms with Crippen LogP contribution in [0.15, 0.2) is 30.7 Å². The van der Waals surface area contributed by atoms with Gasteiger partial charge in [-0.05, 0) is 44.0 Å². The van der Waals surface area contributed by atoms with E-state index in [9.17, 15) is 4.79 Å². The van der Waals surface area contributed by atoms with Crippen molar-refractivity contribution in [3.8, 4) is 0 Å². The molecule has 3 heterocycles. The fourth-order valence-electron chi connectivity index (χ4n) is 2.77. The summed E-state index contributed by atoms with van der Waals surface area (Å²) in [6.07, 6.45) is 7.50. The van der Waals surface area contributed by atoms with Crippen LogP contribution in [-0.4, -0.2) is 27.9 Å². The van der Waals surface area contributed by atoms with Crippen molar-refractivity contribution in [3.63, 3.8) is 0 Å². The lowest BCUT2D eigenvalue weighted by atomic mass is 9.92. The molecule has 0 bridgehead atoms. The van der Waals surface area contributed by atoms with E-state index in [1.807, 2.05) is 28.9 Å². The molecule has 2 aromatic heterocycles. The summed E-state index contributed by atoms with van der Waals surface area (Å²) in [4.78, 5) is 16.4. The molecule has 2 aromatic rings. The molecule has 1 fully saturated rings. The summed E-state index contributed by atoms with van der Waals surface area (Å²) in [6.45, 7) is 3.63. The van der Waals surface area contributed by atoms with E-state index < -0.39 is 0 Å². The van der Waals surface area contributed by atoms with Gasteiger partial charge >= 0.3 is 0 Å². The Labute approximate surface area is 118 Å². The number of nitrogens with zero attached hydrogens (tertiary/aromatic N) is 2. The maximum atomic E-state index is 12.2. The number of aromatic nitrogens is 2. The van der Waals surface area contributed by atoms with E-state index in [0.717, 1.165) is 30.6 Å². The van der Waals surface area contributed by atoms with Gasteiger partial charge in [-0.25, -0.2) is 4.98 Å². The first-order valence-electron chi connectivity index (χ1n) is 7.15. The molecule has 2 atom stereocenters. The summed E-state index contributed by atoms with van der Waals surface area (Å²) in [5.74, 6) is 0.308. The normalized spacial score (nSPS) is 22.9. The summed E-state index contributed by atoms with van der Waals surface area (Å²) in [6, 6.07) is 4.45. The fraction of sp³-hybridized carbons (Fsp3) is 0.467. The molecular weight excluding hydrogens is 252 g/mol. The summed E-state index contributed by atoms with van der Waals surface area (Å²) >= 11 is 0. The standard InChI is InChI=1S/C15H20N4O/c1-11-8-13(2-4-16-11)15(20)18-10-12-3-6-19-7-5-17-14(19)9-12/h3,5-7,9,11,13,16H,2,4,8,10H2,1H3,(H,18,20)/t11-,13-/m0/s1. The van der Waals surface area contributed by atoms with Gasteiger partial charge in [-0.2, -0.15) is 0 Å². The van der Waals surface area contributed by atoms with Crippen LogP contribution in [0.3, 0.4) is 0 Å². The van der Waals surface area contributed by atoms with Gasteiger partial charge in [0.2, 0.25) is 5.91 Å². The minimum absolute atomic E-state index is 0.140. The third-order valence-electron chi connectivity index (χ3n) is 3.92. The van der Waals surface area contributed by atoms with Crippen molar-refractivity contribution in [1.82, 2.24) is 20.0 Å². The number of piperidine rings is 1. The molecule has 5 heteroatoms. The molecule has 2 N–H and O–H groups in total. The van der Waals surface area contributed by atoms with Gasteiger partial charge in [0.05, 0.1) is 0 Å². The molecule has 0 spiro atoms. The molecule has 3 rings (SSSR count). The average Bonchev–Trinajstić information content (AvgIpc) is 2.92. The van der Waals surface area contributed by atoms with E-state index in [0.29, 0.717) is 12.6 Å². The van der Waals surface area contributed by atoms with Crippen LogP contribution in [0.2, 0.25) is 0 Å². The van der Waals surface area contributed by atoms with E-state index in [1.54, 1.807) is 6.20 Å². The minimum Gasteiger partial charge on any atom is -0.352 e. The summed E-state index contributed by atoms with van der Waals surface area (Å²) in [5, 5.41) is 6.41. The third kappa shape index (κ3) is 2.82. The number of carbonyl (C=O) groups excluding carboxylic acids is 1. The zero-order valence-corrected chi connectivity index (χ0v) is 11.7. The van der Waals surface area contributed by atoms with Crippen molar-refractivity contribution in [2.75, 3.05) is 6.54 Å². The van der Waals surface area contributed by atoms with Crippen LogP contribution in [0.5, 0.6) is 0 Å². The third-order valence-corrected chi connectivity index (χ3v) is 3.92. The van der Waals surface area contributed by atoms with E-state index in [4.69, 9.17) is 0 Å². The highest BCUT2D eigenvalue weighted by Crippen LogP contribution is 2.16. The van der Waals surface area contributed by atoms with Crippen LogP contribution in [0, 0.1) is 5.92 Å². The number of imidazole rings is 1. The first kappa shape index (κ1) is 13.1. The second kappa shape index (κ2) is 5.63. The molecule has 1 aliphatic rings. The van der Waals surface area contributed by atoms with E-state index >= 15 is 0 Å². The quantitative estimate of drug-likeness (QED) is 0.886. The van der Waals surface area contributed by atoms with Crippen LogP contribution in [-0.2, 0) is 11.3 Å². The molecule has 0 unspecified atom stereocenters. The molecule has 0 saturated carbocycles. The molecule has 1 aliphatic heterocycles. The van der Waals surface area contributed by atoms with Gasteiger partial charge in [-0.15, -0.1) is 0 Å². The lowest BCUT2D eigenvalue weighted by Crippen LogP contribution is -2.42. The maximum Gasteiger partial charge on any atom is 0.223 e. The average molecular weight is 272 g/mol. The van der Waals surface area contributed by atoms with Gasteiger partial charge < -0.3 is 15.0 Å². The first-order valence-corrected chi connectivity index (χ1v) is 7.15. The van der Waals surface area contributed by atoms with Gasteiger partial charge in [0, 0.05) is 37.1 Å². The highest BCUT2D eigenvalue weighted by molar-refractivity contribution is 5.78. The Bertz CT molecular complexity index is 607.